The van der Waals surface area contributed by atoms with Crippen LogP contribution in [0.25, 0.3) is 10.9 Å². The first-order valence-corrected chi connectivity index (χ1v) is 9.28. The second-order valence-electron chi connectivity index (χ2n) is 7.65. The van der Waals surface area contributed by atoms with E-state index < -0.39 is 0 Å². The molecule has 0 saturated heterocycles. The minimum absolute atomic E-state index is 0.607. The van der Waals surface area contributed by atoms with Gasteiger partial charge in [0.15, 0.2) is 0 Å². The molecule has 0 bridgehead atoms. The Labute approximate surface area is 145 Å². The normalized spacial score (nSPS) is 19.4. The van der Waals surface area contributed by atoms with Crippen molar-refractivity contribution in [3.8, 4) is 0 Å². The molecule has 1 aromatic heterocycles. The zero-order valence-electron chi connectivity index (χ0n) is 15.2. The molecule has 2 heterocycles. The SMILES string of the molecule is Cc1ccc2c(c1)c1c(n2CC(C)C2=CC=CCC2)CCN(C)C1. The molecule has 1 aliphatic carbocycles. The Kier molecular flexibility index (Phi) is 4.09. The molecule has 2 aliphatic rings. The molecule has 1 unspecified atom stereocenters. The molecule has 2 nitrogen and oxygen atoms in total. The first kappa shape index (κ1) is 15.7. The second kappa shape index (κ2) is 6.25. The Morgan fingerprint density at radius 1 is 1.21 bits per heavy atom. The van der Waals surface area contributed by atoms with Crippen molar-refractivity contribution in [2.45, 2.75) is 46.2 Å². The minimum atomic E-state index is 0.607. The Hall–Kier alpha value is -1.80. The third-order valence-corrected chi connectivity index (χ3v) is 5.74. The number of hydrogen-bond acceptors (Lipinski definition) is 1. The first-order chi connectivity index (χ1) is 11.6. The van der Waals surface area contributed by atoms with Crippen molar-refractivity contribution in [3.63, 3.8) is 0 Å². The van der Waals surface area contributed by atoms with Gasteiger partial charge in [-0.25, -0.2) is 0 Å². The highest BCUT2D eigenvalue weighted by molar-refractivity contribution is 5.86. The number of fused-ring (bicyclic) bond motifs is 3. The van der Waals surface area contributed by atoms with Gasteiger partial charge >= 0.3 is 0 Å². The molecule has 0 radical (unpaired) electrons. The zero-order valence-corrected chi connectivity index (χ0v) is 15.2. The lowest BCUT2D eigenvalue weighted by molar-refractivity contribution is 0.308. The van der Waals surface area contributed by atoms with Gasteiger partial charge in [0.1, 0.15) is 0 Å². The highest BCUT2D eigenvalue weighted by atomic mass is 15.1. The number of likely N-dealkylation sites (N-methyl/N-ethyl adjacent to an activating group) is 1. The molecule has 24 heavy (non-hydrogen) atoms. The molecule has 1 aliphatic heterocycles. The average Bonchev–Trinajstić information content (AvgIpc) is 2.88. The summed E-state index contributed by atoms with van der Waals surface area (Å²) in [6, 6.07) is 6.99. The maximum Gasteiger partial charge on any atom is 0.0486 e. The highest BCUT2D eigenvalue weighted by Gasteiger charge is 2.23. The smallest absolute Gasteiger partial charge is 0.0486 e. The molecule has 1 aromatic carbocycles. The van der Waals surface area contributed by atoms with Crippen molar-refractivity contribution in [3.05, 3.63) is 58.8 Å². The molecular formula is C22H28N2. The van der Waals surface area contributed by atoms with E-state index >= 15 is 0 Å². The molecule has 1 atom stereocenters. The zero-order chi connectivity index (χ0) is 16.7. The average molecular weight is 320 g/mol. The molecule has 0 spiro atoms. The summed E-state index contributed by atoms with van der Waals surface area (Å²) < 4.78 is 2.63. The molecule has 4 rings (SSSR count). The van der Waals surface area contributed by atoms with Gasteiger partial charge in [0.05, 0.1) is 0 Å². The maximum atomic E-state index is 2.63. The Morgan fingerprint density at radius 3 is 2.88 bits per heavy atom. The number of nitrogens with zero attached hydrogens (tertiary/aromatic N) is 2. The number of aromatic nitrogens is 1. The molecule has 126 valence electrons. The van der Waals surface area contributed by atoms with Crippen molar-refractivity contribution in [2.24, 2.45) is 5.92 Å². The Bertz CT molecular complexity index is 822. The largest absolute Gasteiger partial charge is 0.344 e. The summed E-state index contributed by atoms with van der Waals surface area (Å²) in [4.78, 5) is 2.45. The van der Waals surface area contributed by atoms with E-state index in [9.17, 15) is 0 Å². The van der Waals surface area contributed by atoms with Crippen LogP contribution in [0.1, 0.15) is 36.6 Å². The maximum absolute atomic E-state index is 2.63. The fourth-order valence-electron chi connectivity index (χ4n) is 4.33. The van der Waals surface area contributed by atoms with Gasteiger partial charge in [0, 0.05) is 42.7 Å². The van der Waals surface area contributed by atoms with Crippen LogP contribution in [0.5, 0.6) is 0 Å². The molecular weight excluding hydrogens is 292 g/mol. The van der Waals surface area contributed by atoms with Crippen molar-refractivity contribution in [1.29, 1.82) is 0 Å². The fraction of sp³-hybridized carbons (Fsp3) is 0.455. The highest BCUT2D eigenvalue weighted by Crippen LogP contribution is 2.33. The van der Waals surface area contributed by atoms with E-state index in [1.54, 1.807) is 16.8 Å². The third kappa shape index (κ3) is 2.73. The van der Waals surface area contributed by atoms with E-state index in [4.69, 9.17) is 0 Å². The van der Waals surface area contributed by atoms with E-state index in [0.29, 0.717) is 5.92 Å². The lowest BCUT2D eigenvalue weighted by Crippen LogP contribution is -2.27. The summed E-state index contributed by atoms with van der Waals surface area (Å²) in [5.41, 5.74) is 7.54. The fourth-order valence-corrected chi connectivity index (χ4v) is 4.33. The molecule has 2 heteroatoms. The van der Waals surface area contributed by atoms with Crippen molar-refractivity contribution < 1.29 is 0 Å². The quantitative estimate of drug-likeness (QED) is 0.785. The molecule has 0 fully saturated rings. The summed E-state index contributed by atoms with van der Waals surface area (Å²) in [6.07, 6.45) is 10.4. The lowest BCUT2D eigenvalue weighted by atomic mass is 9.93. The van der Waals surface area contributed by atoms with Crippen LogP contribution in [0, 0.1) is 12.8 Å². The van der Waals surface area contributed by atoms with Crippen molar-refractivity contribution in [2.75, 3.05) is 13.6 Å². The van der Waals surface area contributed by atoms with Crippen molar-refractivity contribution >= 4 is 10.9 Å². The van der Waals surface area contributed by atoms with Gasteiger partial charge in [-0.2, -0.15) is 0 Å². The Morgan fingerprint density at radius 2 is 2.08 bits per heavy atom. The van der Waals surface area contributed by atoms with E-state index in [2.05, 4.69) is 66.8 Å². The topological polar surface area (TPSA) is 8.17 Å². The number of benzene rings is 1. The van der Waals surface area contributed by atoms with Crippen LogP contribution in [0.15, 0.2) is 42.0 Å². The van der Waals surface area contributed by atoms with Crippen LogP contribution in [-0.4, -0.2) is 23.1 Å². The van der Waals surface area contributed by atoms with Crippen LogP contribution in [0.3, 0.4) is 0 Å². The van der Waals surface area contributed by atoms with Gasteiger partial charge < -0.3 is 9.47 Å². The number of hydrogen-bond donors (Lipinski definition) is 0. The number of rotatable bonds is 3. The van der Waals surface area contributed by atoms with Crippen LogP contribution >= 0.6 is 0 Å². The van der Waals surface area contributed by atoms with E-state index in [-0.39, 0.29) is 0 Å². The van der Waals surface area contributed by atoms with Gasteiger partial charge in [-0.15, -0.1) is 0 Å². The van der Waals surface area contributed by atoms with E-state index in [1.807, 2.05) is 0 Å². The third-order valence-electron chi connectivity index (χ3n) is 5.74. The van der Waals surface area contributed by atoms with Crippen LogP contribution < -0.4 is 0 Å². The van der Waals surface area contributed by atoms with Crippen LogP contribution in [0.2, 0.25) is 0 Å². The van der Waals surface area contributed by atoms with E-state index in [1.165, 1.54) is 42.3 Å². The molecule has 2 aromatic rings. The molecule has 0 N–H and O–H groups in total. The number of allylic oxidation sites excluding steroid dienone is 4. The Balaban J connectivity index is 1.77. The summed E-state index contributed by atoms with van der Waals surface area (Å²) in [5, 5.41) is 1.47. The molecule has 0 saturated carbocycles. The summed E-state index contributed by atoms with van der Waals surface area (Å²) >= 11 is 0. The van der Waals surface area contributed by atoms with Gasteiger partial charge in [-0.1, -0.05) is 42.4 Å². The van der Waals surface area contributed by atoms with Crippen LogP contribution in [0.4, 0.5) is 0 Å². The van der Waals surface area contributed by atoms with Gasteiger partial charge in [-0.05, 0) is 50.4 Å². The first-order valence-electron chi connectivity index (χ1n) is 9.28. The standard InChI is InChI=1S/C22H28N2/c1-16-9-10-21-19(13-16)20-15-23(3)12-11-22(20)24(21)14-17(2)18-7-5-4-6-8-18/h4-5,7,9-10,13,17H,6,8,11-12,14-15H2,1-3H3. The summed E-state index contributed by atoms with van der Waals surface area (Å²) in [5.74, 6) is 0.607. The van der Waals surface area contributed by atoms with Crippen LogP contribution in [-0.2, 0) is 19.5 Å². The van der Waals surface area contributed by atoms with Crippen molar-refractivity contribution in [1.82, 2.24) is 9.47 Å². The minimum Gasteiger partial charge on any atom is -0.344 e. The monoisotopic (exact) mass is 320 g/mol. The predicted octanol–water partition coefficient (Wildman–Crippen LogP) is 4.85. The lowest BCUT2D eigenvalue weighted by Gasteiger charge is -2.26. The molecule has 0 amide bonds. The predicted molar refractivity (Wildman–Crippen MR) is 102 cm³/mol. The summed E-state index contributed by atoms with van der Waals surface area (Å²) in [7, 11) is 2.24. The summed E-state index contributed by atoms with van der Waals surface area (Å²) in [6.45, 7) is 7.96. The number of aryl methyl sites for hydroxylation is 1. The van der Waals surface area contributed by atoms with Gasteiger partial charge in [0.25, 0.3) is 0 Å². The van der Waals surface area contributed by atoms with Gasteiger partial charge in [-0.3, -0.25) is 0 Å². The second-order valence-corrected chi connectivity index (χ2v) is 7.65. The van der Waals surface area contributed by atoms with E-state index in [0.717, 1.165) is 13.1 Å². The van der Waals surface area contributed by atoms with Gasteiger partial charge in [0.2, 0.25) is 0 Å².